The molecule has 5 nitrogen and oxygen atoms in total. The zero-order valence-electron chi connectivity index (χ0n) is 8.99. The minimum Gasteiger partial charge on any atom is -0.368 e. The van der Waals surface area contributed by atoms with Crippen LogP contribution in [0, 0.1) is 0 Å². The third kappa shape index (κ3) is 1.87. The Morgan fingerprint density at radius 2 is 2.29 bits per heavy atom. The Kier molecular flexibility index (Phi) is 2.49. The van der Waals surface area contributed by atoms with E-state index in [4.69, 9.17) is 5.73 Å². The average Bonchev–Trinajstić information content (AvgIpc) is 2.88. The molecule has 0 aliphatic rings. The molecule has 0 aromatic carbocycles. The minimum absolute atomic E-state index is 0.302. The molecule has 0 aliphatic carbocycles. The van der Waals surface area contributed by atoms with Crippen molar-refractivity contribution in [3.05, 3.63) is 23.8 Å². The second-order valence-corrected chi connectivity index (χ2v) is 5.30. The standard InChI is InChI=1S/C10H9N5S2/c1-15-4-3-12-10(15)17-8-6-2-5-16-7(6)13-9(11)14-8/h2-5H,1H3,(H2,11,13,14). The van der Waals surface area contributed by atoms with Crippen LogP contribution < -0.4 is 5.73 Å². The SMILES string of the molecule is Cn1ccnc1Sc1nc(N)nc2sccc12. The number of aryl methyl sites for hydroxylation is 1. The molecule has 0 saturated heterocycles. The third-order valence-electron chi connectivity index (χ3n) is 2.27. The summed E-state index contributed by atoms with van der Waals surface area (Å²) in [6.45, 7) is 0. The summed E-state index contributed by atoms with van der Waals surface area (Å²) in [6.07, 6.45) is 3.66. The highest BCUT2D eigenvalue weighted by Crippen LogP contribution is 2.32. The molecular formula is C10H9N5S2. The van der Waals surface area contributed by atoms with E-state index in [2.05, 4.69) is 15.0 Å². The molecule has 0 fully saturated rings. The predicted molar refractivity (Wildman–Crippen MR) is 69.2 cm³/mol. The highest BCUT2D eigenvalue weighted by atomic mass is 32.2. The van der Waals surface area contributed by atoms with Gasteiger partial charge < -0.3 is 10.3 Å². The van der Waals surface area contributed by atoms with E-state index < -0.39 is 0 Å². The molecule has 0 amide bonds. The third-order valence-corrected chi connectivity index (χ3v) is 4.16. The maximum Gasteiger partial charge on any atom is 0.222 e. The Labute approximate surface area is 106 Å². The van der Waals surface area contributed by atoms with E-state index in [0.29, 0.717) is 5.95 Å². The van der Waals surface area contributed by atoms with Crippen LogP contribution in [0.25, 0.3) is 10.2 Å². The van der Waals surface area contributed by atoms with Crippen LogP contribution in [0.4, 0.5) is 5.95 Å². The van der Waals surface area contributed by atoms with E-state index in [0.717, 1.165) is 20.4 Å². The normalized spacial score (nSPS) is 11.1. The first-order valence-electron chi connectivity index (χ1n) is 4.90. The van der Waals surface area contributed by atoms with Gasteiger partial charge in [0.15, 0.2) is 5.16 Å². The van der Waals surface area contributed by atoms with Crippen molar-refractivity contribution in [2.24, 2.45) is 7.05 Å². The molecule has 0 radical (unpaired) electrons. The number of aromatic nitrogens is 4. The summed E-state index contributed by atoms with van der Waals surface area (Å²) in [6, 6.07) is 2.00. The number of nitrogens with two attached hydrogens (primary N) is 1. The number of hydrogen-bond donors (Lipinski definition) is 1. The van der Waals surface area contributed by atoms with E-state index in [1.54, 1.807) is 17.5 Å². The average molecular weight is 263 g/mol. The Bertz CT molecular complexity index is 672. The number of anilines is 1. The molecule has 3 heterocycles. The van der Waals surface area contributed by atoms with Gasteiger partial charge in [0, 0.05) is 24.8 Å². The summed E-state index contributed by atoms with van der Waals surface area (Å²) in [5.74, 6) is 0.302. The first-order chi connectivity index (χ1) is 8.24. The van der Waals surface area contributed by atoms with Gasteiger partial charge in [-0.2, -0.15) is 0 Å². The van der Waals surface area contributed by atoms with Gasteiger partial charge in [0.2, 0.25) is 5.95 Å². The Morgan fingerprint density at radius 1 is 1.41 bits per heavy atom. The molecule has 17 heavy (non-hydrogen) atoms. The largest absolute Gasteiger partial charge is 0.368 e. The van der Waals surface area contributed by atoms with E-state index in [9.17, 15) is 0 Å². The second kappa shape index (κ2) is 4.01. The summed E-state index contributed by atoms with van der Waals surface area (Å²) in [7, 11) is 1.95. The molecule has 86 valence electrons. The van der Waals surface area contributed by atoms with Gasteiger partial charge in [-0.3, -0.25) is 0 Å². The van der Waals surface area contributed by atoms with Crippen molar-refractivity contribution in [1.29, 1.82) is 0 Å². The summed E-state index contributed by atoms with van der Waals surface area (Å²) in [4.78, 5) is 13.6. The summed E-state index contributed by atoms with van der Waals surface area (Å²) in [5.41, 5.74) is 5.69. The van der Waals surface area contributed by atoms with Crippen LogP contribution >= 0.6 is 23.1 Å². The molecule has 3 aromatic rings. The quantitative estimate of drug-likeness (QED) is 0.717. The fraction of sp³-hybridized carbons (Fsp3) is 0.100. The molecule has 0 aliphatic heterocycles. The lowest BCUT2D eigenvalue weighted by Crippen LogP contribution is -1.96. The second-order valence-electron chi connectivity index (χ2n) is 3.45. The van der Waals surface area contributed by atoms with Crippen molar-refractivity contribution in [3.63, 3.8) is 0 Å². The molecule has 0 unspecified atom stereocenters. The first kappa shape index (κ1) is 10.5. The number of thiophene rings is 1. The Hall–Kier alpha value is -1.60. The van der Waals surface area contributed by atoms with E-state index >= 15 is 0 Å². The van der Waals surface area contributed by atoms with E-state index in [-0.39, 0.29) is 0 Å². The lowest BCUT2D eigenvalue weighted by molar-refractivity contribution is 0.789. The number of nitrogens with zero attached hydrogens (tertiary/aromatic N) is 4. The van der Waals surface area contributed by atoms with Gasteiger partial charge in [-0.1, -0.05) is 0 Å². The topological polar surface area (TPSA) is 69.6 Å². The number of rotatable bonds is 2. The number of hydrogen-bond acceptors (Lipinski definition) is 6. The van der Waals surface area contributed by atoms with Crippen LogP contribution in [0.3, 0.4) is 0 Å². The minimum atomic E-state index is 0.302. The molecular weight excluding hydrogens is 254 g/mol. The Balaban J connectivity index is 2.11. The van der Waals surface area contributed by atoms with Gasteiger partial charge in [-0.05, 0) is 23.2 Å². The molecule has 3 rings (SSSR count). The van der Waals surface area contributed by atoms with Crippen molar-refractivity contribution >= 4 is 39.3 Å². The fourth-order valence-electron chi connectivity index (χ4n) is 1.46. The lowest BCUT2D eigenvalue weighted by atomic mass is 10.4. The van der Waals surface area contributed by atoms with Crippen LogP contribution in [0.2, 0.25) is 0 Å². The molecule has 0 spiro atoms. The van der Waals surface area contributed by atoms with Gasteiger partial charge >= 0.3 is 0 Å². The van der Waals surface area contributed by atoms with Crippen molar-refractivity contribution in [1.82, 2.24) is 19.5 Å². The molecule has 3 aromatic heterocycles. The van der Waals surface area contributed by atoms with Gasteiger partial charge in [0.1, 0.15) is 9.86 Å². The molecule has 0 bridgehead atoms. The van der Waals surface area contributed by atoms with Gasteiger partial charge in [0.05, 0.1) is 0 Å². The maximum absolute atomic E-state index is 5.69. The smallest absolute Gasteiger partial charge is 0.222 e. The monoisotopic (exact) mass is 263 g/mol. The zero-order chi connectivity index (χ0) is 11.8. The van der Waals surface area contributed by atoms with E-state index in [1.165, 1.54) is 11.8 Å². The number of nitrogen functional groups attached to an aromatic ring is 1. The predicted octanol–water partition coefficient (Wildman–Crippen LogP) is 2.16. The lowest BCUT2D eigenvalue weighted by Gasteiger charge is -2.03. The Morgan fingerprint density at radius 3 is 3.06 bits per heavy atom. The molecule has 7 heteroatoms. The molecule has 2 N–H and O–H groups in total. The van der Waals surface area contributed by atoms with Crippen molar-refractivity contribution in [2.45, 2.75) is 10.2 Å². The van der Waals surface area contributed by atoms with Gasteiger partial charge in [-0.15, -0.1) is 11.3 Å². The van der Waals surface area contributed by atoms with Crippen LogP contribution in [0.15, 0.2) is 34.0 Å². The van der Waals surface area contributed by atoms with Crippen LogP contribution in [0.5, 0.6) is 0 Å². The highest BCUT2D eigenvalue weighted by molar-refractivity contribution is 7.99. The molecule has 0 atom stereocenters. The molecule has 0 saturated carbocycles. The van der Waals surface area contributed by atoms with Crippen molar-refractivity contribution < 1.29 is 0 Å². The fourth-order valence-corrected chi connectivity index (χ4v) is 3.20. The zero-order valence-corrected chi connectivity index (χ0v) is 10.6. The summed E-state index contributed by atoms with van der Waals surface area (Å²) >= 11 is 3.06. The van der Waals surface area contributed by atoms with Crippen LogP contribution in [-0.4, -0.2) is 19.5 Å². The van der Waals surface area contributed by atoms with E-state index in [1.807, 2.05) is 29.3 Å². The summed E-state index contributed by atoms with van der Waals surface area (Å²) in [5, 5.41) is 4.75. The van der Waals surface area contributed by atoms with Crippen molar-refractivity contribution in [3.8, 4) is 0 Å². The number of imidazole rings is 1. The van der Waals surface area contributed by atoms with Crippen molar-refractivity contribution in [2.75, 3.05) is 5.73 Å². The van der Waals surface area contributed by atoms with Gasteiger partial charge in [-0.25, -0.2) is 15.0 Å². The maximum atomic E-state index is 5.69. The van der Waals surface area contributed by atoms with Crippen LogP contribution in [-0.2, 0) is 7.05 Å². The van der Waals surface area contributed by atoms with Crippen LogP contribution in [0.1, 0.15) is 0 Å². The summed E-state index contributed by atoms with van der Waals surface area (Å²) < 4.78 is 1.95. The van der Waals surface area contributed by atoms with Gasteiger partial charge in [0.25, 0.3) is 0 Å². The number of fused-ring (bicyclic) bond motifs is 1. The highest BCUT2D eigenvalue weighted by Gasteiger charge is 2.11. The first-order valence-corrected chi connectivity index (χ1v) is 6.59.